The van der Waals surface area contributed by atoms with Crippen molar-refractivity contribution >= 4 is 16.0 Å². The van der Waals surface area contributed by atoms with Gasteiger partial charge in [-0.3, -0.25) is 0 Å². The molecule has 1 aromatic carbocycles. The zero-order valence-electron chi connectivity index (χ0n) is 12.1. The Morgan fingerprint density at radius 3 is 2.52 bits per heavy atom. The summed E-state index contributed by atoms with van der Waals surface area (Å²) in [6, 6.07) is 1.87. The molecule has 1 fully saturated rings. The standard InChI is InChI=1S/C13H15F3N2O4S/c1-22-12(19)10-3-2-9(6-11(10)13(14,15)16)23(20,21)18-5-4-8(17)7-18/h2-3,6,8H,4-5,7,17H2,1H3/t8-/m1/s1. The number of alkyl halides is 3. The lowest BCUT2D eigenvalue weighted by molar-refractivity contribution is -0.138. The number of benzene rings is 1. The van der Waals surface area contributed by atoms with E-state index in [9.17, 15) is 26.4 Å². The number of halogens is 3. The highest BCUT2D eigenvalue weighted by atomic mass is 32.2. The van der Waals surface area contributed by atoms with E-state index in [0.29, 0.717) is 12.5 Å². The van der Waals surface area contributed by atoms with Gasteiger partial charge in [-0.25, -0.2) is 13.2 Å². The third-order valence-corrected chi connectivity index (χ3v) is 5.39. The monoisotopic (exact) mass is 352 g/mol. The first-order chi connectivity index (χ1) is 10.6. The molecule has 10 heteroatoms. The van der Waals surface area contributed by atoms with Crippen LogP contribution in [0.3, 0.4) is 0 Å². The van der Waals surface area contributed by atoms with Crippen molar-refractivity contribution in [3.63, 3.8) is 0 Å². The molecule has 6 nitrogen and oxygen atoms in total. The molecule has 2 N–H and O–H groups in total. The third-order valence-electron chi connectivity index (χ3n) is 3.53. The minimum absolute atomic E-state index is 0.0441. The first kappa shape index (κ1) is 17.7. The summed E-state index contributed by atoms with van der Waals surface area (Å²) in [5, 5.41) is 0. The van der Waals surface area contributed by atoms with Gasteiger partial charge in [-0.05, 0) is 24.6 Å². The minimum Gasteiger partial charge on any atom is -0.465 e. The van der Waals surface area contributed by atoms with Crippen LogP contribution in [0.15, 0.2) is 23.1 Å². The van der Waals surface area contributed by atoms with E-state index < -0.39 is 38.2 Å². The molecule has 0 saturated carbocycles. The highest BCUT2D eigenvalue weighted by molar-refractivity contribution is 7.89. The molecular weight excluding hydrogens is 337 g/mol. The zero-order valence-corrected chi connectivity index (χ0v) is 12.9. The summed E-state index contributed by atoms with van der Waals surface area (Å²) < 4.78 is 69.5. The number of carbonyl (C=O) groups is 1. The Kier molecular flexibility index (Phi) is 4.69. The normalized spacial score (nSPS) is 19.8. The number of methoxy groups -OCH3 is 1. The number of ether oxygens (including phenoxy) is 1. The second-order valence-corrected chi connectivity index (χ2v) is 7.05. The zero-order chi connectivity index (χ0) is 17.4. The van der Waals surface area contributed by atoms with Crippen LogP contribution in [-0.2, 0) is 20.9 Å². The summed E-state index contributed by atoms with van der Waals surface area (Å²) in [4.78, 5) is 10.9. The van der Waals surface area contributed by atoms with Gasteiger partial charge in [0.25, 0.3) is 0 Å². The number of carbonyl (C=O) groups excluding carboxylic acids is 1. The van der Waals surface area contributed by atoms with E-state index in [2.05, 4.69) is 4.74 Å². The van der Waals surface area contributed by atoms with Crippen LogP contribution in [0.5, 0.6) is 0 Å². The fourth-order valence-electron chi connectivity index (χ4n) is 2.33. The molecule has 1 heterocycles. The maximum absolute atomic E-state index is 13.1. The molecule has 23 heavy (non-hydrogen) atoms. The van der Waals surface area contributed by atoms with Crippen molar-refractivity contribution in [1.29, 1.82) is 0 Å². The highest BCUT2D eigenvalue weighted by Gasteiger charge is 2.38. The smallest absolute Gasteiger partial charge is 0.417 e. The van der Waals surface area contributed by atoms with E-state index in [1.54, 1.807) is 0 Å². The molecule has 0 aromatic heterocycles. The Morgan fingerprint density at radius 2 is 2.04 bits per heavy atom. The minimum atomic E-state index is -4.89. The van der Waals surface area contributed by atoms with Crippen LogP contribution in [0.1, 0.15) is 22.3 Å². The van der Waals surface area contributed by atoms with E-state index in [1.807, 2.05) is 0 Å². The molecular formula is C13H15F3N2O4S. The lowest BCUT2D eigenvalue weighted by Gasteiger charge is -2.18. The summed E-state index contributed by atoms with van der Waals surface area (Å²) in [7, 11) is -3.16. The average molecular weight is 352 g/mol. The average Bonchev–Trinajstić information content (AvgIpc) is 2.92. The van der Waals surface area contributed by atoms with Gasteiger partial charge in [-0.2, -0.15) is 17.5 Å². The predicted octanol–water partition coefficient (Wildman–Crippen LogP) is 1.21. The third kappa shape index (κ3) is 3.48. The van der Waals surface area contributed by atoms with Gasteiger partial charge in [0.1, 0.15) is 0 Å². The summed E-state index contributed by atoms with van der Waals surface area (Å²) in [6.45, 7) is 0.187. The van der Waals surface area contributed by atoms with Crippen LogP contribution in [0.4, 0.5) is 13.2 Å². The SMILES string of the molecule is COC(=O)c1ccc(S(=O)(=O)N2CC[C@@H](N)C2)cc1C(F)(F)F. The van der Waals surface area contributed by atoms with Gasteiger partial charge in [-0.15, -0.1) is 0 Å². The van der Waals surface area contributed by atoms with Gasteiger partial charge < -0.3 is 10.5 Å². The van der Waals surface area contributed by atoms with Crippen LogP contribution < -0.4 is 5.73 Å². The molecule has 0 unspecified atom stereocenters. The van der Waals surface area contributed by atoms with Crippen LogP contribution in [0.25, 0.3) is 0 Å². The van der Waals surface area contributed by atoms with Gasteiger partial charge in [0.15, 0.2) is 0 Å². The van der Waals surface area contributed by atoms with Gasteiger partial charge in [0.05, 0.1) is 23.1 Å². The van der Waals surface area contributed by atoms with Crippen molar-refractivity contribution in [2.45, 2.75) is 23.5 Å². The van der Waals surface area contributed by atoms with E-state index in [1.165, 1.54) is 0 Å². The Bertz CT molecular complexity index is 718. The molecule has 128 valence electrons. The number of rotatable bonds is 3. The molecule has 1 aromatic rings. The fraction of sp³-hybridized carbons (Fsp3) is 0.462. The Hall–Kier alpha value is -1.65. The van der Waals surface area contributed by atoms with E-state index in [-0.39, 0.29) is 19.1 Å². The van der Waals surface area contributed by atoms with E-state index in [4.69, 9.17) is 5.73 Å². The number of nitrogens with zero attached hydrogens (tertiary/aromatic N) is 1. The molecule has 0 amide bonds. The number of hydrogen-bond acceptors (Lipinski definition) is 5. The van der Waals surface area contributed by atoms with E-state index >= 15 is 0 Å². The lowest BCUT2D eigenvalue weighted by atomic mass is 10.1. The van der Waals surface area contributed by atoms with Crippen LogP contribution in [-0.4, -0.2) is 44.9 Å². The lowest BCUT2D eigenvalue weighted by Crippen LogP contribution is -2.32. The molecule has 2 rings (SSSR count). The molecule has 1 aliphatic rings. The highest BCUT2D eigenvalue weighted by Crippen LogP contribution is 2.34. The summed E-state index contributed by atoms with van der Waals surface area (Å²) in [5.41, 5.74) is 3.54. The van der Waals surface area contributed by atoms with Crippen LogP contribution >= 0.6 is 0 Å². The topological polar surface area (TPSA) is 89.7 Å². The summed E-state index contributed by atoms with van der Waals surface area (Å²) in [5.74, 6) is -1.19. The van der Waals surface area contributed by atoms with Crippen molar-refractivity contribution in [2.24, 2.45) is 5.73 Å². The first-order valence-electron chi connectivity index (χ1n) is 6.62. The van der Waals surface area contributed by atoms with Crippen molar-refractivity contribution in [2.75, 3.05) is 20.2 Å². The van der Waals surface area contributed by atoms with Gasteiger partial charge in [-0.1, -0.05) is 0 Å². The second-order valence-electron chi connectivity index (χ2n) is 5.11. The van der Waals surface area contributed by atoms with Crippen LogP contribution in [0, 0.1) is 0 Å². The van der Waals surface area contributed by atoms with Crippen molar-refractivity contribution in [1.82, 2.24) is 4.31 Å². The molecule has 0 radical (unpaired) electrons. The van der Waals surface area contributed by atoms with Crippen molar-refractivity contribution in [3.8, 4) is 0 Å². The molecule has 1 saturated heterocycles. The predicted molar refractivity (Wildman–Crippen MR) is 74.1 cm³/mol. The Labute approximate surface area is 131 Å². The number of nitrogens with two attached hydrogens (primary N) is 1. The Morgan fingerprint density at radius 1 is 1.39 bits per heavy atom. The van der Waals surface area contributed by atoms with Crippen LogP contribution in [0.2, 0.25) is 0 Å². The molecule has 0 spiro atoms. The number of hydrogen-bond donors (Lipinski definition) is 1. The van der Waals surface area contributed by atoms with Gasteiger partial charge in [0.2, 0.25) is 10.0 Å². The number of esters is 1. The molecule has 1 aliphatic heterocycles. The second kappa shape index (κ2) is 6.10. The molecule has 0 aliphatic carbocycles. The quantitative estimate of drug-likeness (QED) is 0.826. The maximum atomic E-state index is 13.1. The largest absolute Gasteiger partial charge is 0.465 e. The van der Waals surface area contributed by atoms with Gasteiger partial charge >= 0.3 is 12.1 Å². The fourth-order valence-corrected chi connectivity index (χ4v) is 3.87. The van der Waals surface area contributed by atoms with Gasteiger partial charge in [0, 0.05) is 19.1 Å². The molecule has 1 atom stereocenters. The number of sulfonamides is 1. The summed E-state index contributed by atoms with van der Waals surface area (Å²) >= 11 is 0. The van der Waals surface area contributed by atoms with E-state index in [0.717, 1.165) is 23.5 Å². The maximum Gasteiger partial charge on any atom is 0.417 e. The van der Waals surface area contributed by atoms with Crippen molar-refractivity contribution in [3.05, 3.63) is 29.3 Å². The summed E-state index contributed by atoms with van der Waals surface area (Å²) in [6.07, 6.45) is -4.46. The van der Waals surface area contributed by atoms with Crippen molar-refractivity contribution < 1.29 is 31.1 Å². The molecule has 0 bridgehead atoms. The Balaban J connectivity index is 2.51. The first-order valence-corrected chi connectivity index (χ1v) is 8.06.